The molecule has 1 aliphatic rings. The third-order valence-corrected chi connectivity index (χ3v) is 6.10. The molecule has 1 aliphatic heterocycles. The van der Waals surface area contributed by atoms with Gasteiger partial charge in [-0.25, -0.2) is 0 Å². The molecule has 2 aromatic carbocycles. The predicted octanol–water partition coefficient (Wildman–Crippen LogP) is 4.83. The van der Waals surface area contributed by atoms with Gasteiger partial charge in [-0.2, -0.15) is 11.3 Å². The lowest BCUT2D eigenvalue weighted by molar-refractivity contribution is -0.123. The van der Waals surface area contributed by atoms with Crippen LogP contribution in [0, 0.1) is 5.92 Å². The standard InChI is InChI=1S/C24H24N2O2S/c27-23(21-13-16-29-18-21)25-14-11-20(12-15-25)24(28)26(22-9-5-2-6-10-22)17-19-7-3-1-4-8-19/h1-10,13,16,18,20H,11-12,14-15,17H2. The van der Waals surface area contributed by atoms with E-state index in [9.17, 15) is 9.59 Å². The van der Waals surface area contributed by atoms with Crippen molar-refractivity contribution < 1.29 is 9.59 Å². The monoisotopic (exact) mass is 404 g/mol. The number of piperidine rings is 1. The van der Waals surface area contributed by atoms with Crippen LogP contribution in [-0.4, -0.2) is 29.8 Å². The number of rotatable bonds is 5. The van der Waals surface area contributed by atoms with Crippen LogP contribution >= 0.6 is 11.3 Å². The molecule has 1 saturated heterocycles. The third-order valence-electron chi connectivity index (χ3n) is 5.42. The van der Waals surface area contributed by atoms with E-state index in [1.165, 1.54) is 11.3 Å². The molecular weight excluding hydrogens is 380 g/mol. The summed E-state index contributed by atoms with van der Waals surface area (Å²) >= 11 is 1.53. The summed E-state index contributed by atoms with van der Waals surface area (Å²) < 4.78 is 0. The highest BCUT2D eigenvalue weighted by Crippen LogP contribution is 2.26. The quantitative estimate of drug-likeness (QED) is 0.611. The number of para-hydroxylation sites is 1. The maximum atomic E-state index is 13.4. The zero-order valence-corrected chi connectivity index (χ0v) is 17.1. The molecule has 0 spiro atoms. The molecule has 1 aromatic heterocycles. The van der Waals surface area contributed by atoms with Gasteiger partial charge in [-0.3, -0.25) is 9.59 Å². The number of nitrogens with zero attached hydrogens (tertiary/aromatic N) is 2. The number of amides is 2. The van der Waals surface area contributed by atoms with Crippen molar-refractivity contribution in [2.75, 3.05) is 18.0 Å². The van der Waals surface area contributed by atoms with E-state index in [1.807, 2.05) is 87.3 Å². The molecule has 0 bridgehead atoms. The molecule has 2 heterocycles. The van der Waals surface area contributed by atoms with Gasteiger partial charge in [0.25, 0.3) is 5.91 Å². The van der Waals surface area contributed by atoms with Crippen LogP contribution in [-0.2, 0) is 11.3 Å². The van der Waals surface area contributed by atoms with Gasteiger partial charge >= 0.3 is 0 Å². The maximum Gasteiger partial charge on any atom is 0.254 e. The summed E-state index contributed by atoms with van der Waals surface area (Å²) in [4.78, 5) is 29.8. The predicted molar refractivity (Wildman–Crippen MR) is 117 cm³/mol. The van der Waals surface area contributed by atoms with Gasteiger partial charge in [-0.15, -0.1) is 0 Å². The lowest BCUT2D eigenvalue weighted by Crippen LogP contribution is -2.44. The summed E-state index contributed by atoms with van der Waals surface area (Å²) in [6, 6.07) is 21.8. The fourth-order valence-corrected chi connectivity index (χ4v) is 4.42. The first kappa shape index (κ1) is 19.4. The van der Waals surface area contributed by atoms with E-state index in [0.717, 1.165) is 16.8 Å². The van der Waals surface area contributed by atoms with Gasteiger partial charge in [0.2, 0.25) is 5.91 Å². The lowest BCUT2D eigenvalue weighted by atomic mass is 9.94. The van der Waals surface area contributed by atoms with Gasteiger partial charge in [0, 0.05) is 30.1 Å². The van der Waals surface area contributed by atoms with Gasteiger partial charge < -0.3 is 9.80 Å². The van der Waals surface area contributed by atoms with Crippen molar-refractivity contribution in [3.05, 3.63) is 88.6 Å². The maximum absolute atomic E-state index is 13.4. The summed E-state index contributed by atoms with van der Waals surface area (Å²) in [6.07, 6.45) is 1.40. The zero-order valence-electron chi connectivity index (χ0n) is 16.2. The molecule has 2 amide bonds. The first-order valence-electron chi connectivity index (χ1n) is 9.94. The van der Waals surface area contributed by atoms with E-state index in [-0.39, 0.29) is 17.7 Å². The van der Waals surface area contributed by atoms with Crippen molar-refractivity contribution in [1.82, 2.24) is 4.90 Å². The number of carbonyl (C=O) groups excluding carboxylic acids is 2. The minimum absolute atomic E-state index is 0.0644. The Labute approximate surface area is 175 Å². The van der Waals surface area contributed by atoms with Crippen molar-refractivity contribution in [3.63, 3.8) is 0 Å². The van der Waals surface area contributed by atoms with Crippen molar-refractivity contribution in [1.29, 1.82) is 0 Å². The zero-order chi connectivity index (χ0) is 20.1. The van der Waals surface area contributed by atoms with Crippen molar-refractivity contribution in [2.24, 2.45) is 5.92 Å². The van der Waals surface area contributed by atoms with E-state index >= 15 is 0 Å². The summed E-state index contributed by atoms with van der Waals surface area (Å²) in [5.41, 5.74) is 2.77. The Bertz CT molecular complexity index is 934. The number of carbonyl (C=O) groups is 2. The molecule has 5 heteroatoms. The Morgan fingerprint density at radius 1 is 0.931 bits per heavy atom. The highest BCUT2D eigenvalue weighted by Gasteiger charge is 2.31. The van der Waals surface area contributed by atoms with E-state index < -0.39 is 0 Å². The number of hydrogen-bond donors (Lipinski definition) is 0. The smallest absolute Gasteiger partial charge is 0.254 e. The van der Waals surface area contributed by atoms with Crippen LogP contribution in [0.1, 0.15) is 28.8 Å². The number of likely N-dealkylation sites (tertiary alicyclic amines) is 1. The van der Waals surface area contributed by atoms with E-state index in [0.29, 0.717) is 32.5 Å². The first-order valence-corrected chi connectivity index (χ1v) is 10.9. The Hall–Kier alpha value is -2.92. The average molecular weight is 405 g/mol. The summed E-state index contributed by atoms with van der Waals surface area (Å²) in [7, 11) is 0. The Morgan fingerprint density at radius 3 is 2.21 bits per heavy atom. The van der Waals surface area contributed by atoms with Crippen molar-refractivity contribution in [2.45, 2.75) is 19.4 Å². The Balaban J connectivity index is 1.46. The summed E-state index contributed by atoms with van der Waals surface area (Å²) in [5.74, 6) is 0.148. The number of hydrogen-bond acceptors (Lipinski definition) is 3. The van der Waals surface area contributed by atoms with Gasteiger partial charge in [-0.05, 0) is 42.0 Å². The molecule has 3 aromatic rings. The lowest BCUT2D eigenvalue weighted by Gasteiger charge is -2.34. The third kappa shape index (κ3) is 4.57. The summed E-state index contributed by atoms with van der Waals surface area (Å²) in [5, 5.41) is 3.81. The van der Waals surface area contributed by atoms with Crippen LogP contribution in [0.3, 0.4) is 0 Å². The molecule has 29 heavy (non-hydrogen) atoms. The SMILES string of the molecule is O=C(c1ccsc1)N1CCC(C(=O)N(Cc2ccccc2)c2ccccc2)CC1. The molecule has 0 aliphatic carbocycles. The van der Waals surface area contributed by atoms with Crippen molar-refractivity contribution in [3.8, 4) is 0 Å². The van der Waals surface area contributed by atoms with E-state index in [1.54, 1.807) is 0 Å². The molecule has 4 nitrogen and oxygen atoms in total. The molecule has 1 fully saturated rings. The Morgan fingerprint density at radius 2 is 1.59 bits per heavy atom. The summed E-state index contributed by atoms with van der Waals surface area (Å²) in [6.45, 7) is 1.80. The molecule has 0 saturated carbocycles. The normalized spacial score (nSPS) is 14.6. The van der Waals surface area contributed by atoms with Crippen LogP contribution in [0.2, 0.25) is 0 Å². The second kappa shape index (κ2) is 9.05. The largest absolute Gasteiger partial charge is 0.339 e. The topological polar surface area (TPSA) is 40.6 Å². The number of anilines is 1. The van der Waals surface area contributed by atoms with E-state index in [4.69, 9.17) is 0 Å². The molecule has 0 N–H and O–H groups in total. The highest BCUT2D eigenvalue weighted by molar-refractivity contribution is 7.08. The second-order valence-electron chi connectivity index (χ2n) is 7.32. The Kier molecular flexibility index (Phi) is 6.06. The minimum atomic E-state index is -0.0644. The highest BCUT2D eigenvalue weighted by atomic mass is 32.1. The molecule has 0 atom stereocenters. The fourth-order valence-electron chi connectivity index (χ4n) is 3.79. The van der Waals surface area contributed by atoms with Gasteiger partial charge in [-0.1, -0.05) is 48.5 Å². The average Bonchev–Trinajstić information content (AvgIpc) is 3.33. The van der Waals surface area contributed by atoms with Gasteiger partial charge in [0.1, 0.15) is 0 Å². The van der Waals surface area contributed by atoms with Gasteiger partial charge in [0.05, 0.1) is 12.1 Å². The first-order chi connectivity index (χ1) is 14.2. The second-order valence-corrected chi connectivity index (χ2v) is 8.10. The molecule has 4 rings (SSSR count). The van der Waals surface area contributed by atoms with Crippen LogP contribution in [0.5, 0.6) is 0 Å². The van der Waals surface area contributed by atoms with Crippen LogP contribution in [0.15, 0.2) is 77.5 Å². The van der Waals surface area contributed by atoms with Crippen LogP contribution in [0.4, 0.5) is 5.69 Å². The molecule has 148 valence electrons. The minimum Gasteiger partial charge on any atom is -0.339 e. The van der Waals surface area contributed by atoms with Crippen LogP contribution in [0.25, 0.3) is 0 Å². The fraction of sp³-hybridized carbons (Fsp3) is 0.250. The number of benzene rings is 2. The molecule has 0 radical (unpaired) electrons. The van der Waals surface area contributed by atoms with Gasteiger partial charge in [0.15, 0.2) is 0 Å². The molecular formula is C24H24N2O2S. The van der Waals surface area contributed by atoms with Crippen molar-refractivity contribution >= 4 is 28.8 Å². The molecule has 0 unspecified atom stereocenters. The van der Waals surface area contributed by atoms with E-state index in [2.05, 4.69) is 0 Å². The van der Waals surface area contributed by atoms with Crippen LogP contribution < -0.4 is 4.90 Å². The number of thiophene rings is 1.